The summed E-state index contributed by atoms with van der Waals surface area (Å²) in [6.45, 7) is 3.71. The predicted octanol–water partition coefficient (Wildman–Crippen LogP) is 6.01. The summed E-state index contributed by atoms with van der Waals surface area (Å²) in [6, 6.07) is 9.41. The topological polar surface area (TPSA) is 79.5 Å². The van der Waals surface area contributed by atoms with E-state index in [1.165, 1.54) is 16.7 Å². The molecule has 29 heavy (non-hydrogen) atoms. The molecular weight excluding hydrogens is 413 g/mol. The van der Waals surface area contributed by atoms with E-state index in [0.717, 1.165) is 12.8 Å². The lowest BCUT2D eigenvalue weighted by Gasteiger charge is -2.13. The van der Waals surface area contributed by atoms with Gasteiger partial charge in [0, 0.05) is 21.7 Å². The highest BCUT2D eigenvalue weighted by Gasteiger charge is 2.29. The lowest BCUT2D eigenvalue weighted by molar-refractivity contribution is -0.139. The number of hydrogen-bond acceptors (Lipinski definition) is 3. The van der Waals surface area contributed by atoms with Crippen molar-refractivity contribution in [1.29, 1.82) is 0 Å². The van der Waals surface area contributed by atoms with E-state index in [1.54, 1.807) is 31.2 Å². The highest BCUT2D eigenvalue weighted by molar-refractivity contribution is 6.33. The summed E-state index contributed by atoms with van der Waals surface area (Å²) >= 11 is 12.0. The number of carbonyl (C=O) groups excluding carboxylic acids is 1. The minimum absolute atomic E-state index is 0.0899. The number of nitrogens with zero attached hydrogens (tertiary/aromatic N) is 1. The largest absolute Gasteiger partial charge is 0.506 e. The first-order chi connectivity index (χ1) is 13.8. The molecule has 152 valence electrons. The van der Waals surface area contributed by atoms with Crippen LogP contribution in [0.4, 0.5) is 0 Å². The Kier molecular flexibility index (Phi) is 6.20. The third-order valence-electron chi connectivity index (χ3n) is 5.11. The molecule has 0 radical (unpaired) electrons. The van der Waals surface area contributed by atoms with Crippen LogP contribution in [0.3, 0.4) is 0 Å². The van der Waals surface area contributed by atoms with Gasteiger partial charge in [-0.3, -0.25) is 14.2 Å². The van der Waals surface area contributed by atoms with Crippen LogP contribution in [0.25, 0.3) is 10.9 Å². The maximum Gasteiger partial charge on any atom is 0.311 e. The van der Waals surface area contributed by atoms with Gasteiger partial charge in [0.1, 0.15) is 5.75 Å². The van der Waals surface area contributed by atoms with E-state index in [0.29, 0.717) is 39.2 Å². The Hall–Kier alpha value is -2.50. The Morgan fingerprint density at radius 1 is 1.14 bits per heavy atom. The van der Waals surface area contributed by atoms with Gasteiger partial charge in [-0.2, -0.15) is 0 Å². The monoisotopic (exact) mass is 433 g/mol. The molecule has 0 saturated heterocycles. The summed E-state index contributed by atoms with van der Waals surface area (Å²) in [5, 5.41) is 21.1. The summed E-state index contributed by atoms with van der Waals surface area (Å²) in [6.07, 6.45) is 2.01. The molecule has 0 fully saturated rings. The molecule has 1 atom stereocenters. The molecule has 0 saturated carbocycles. The third kappa shape index (κ3) is 3.98. The van der Waals surface area contributed by atoms with Gasteiger partial charge >= 0.3 is 5.97 Å². The number of hydrogen-bond donors (Lipinski definition) is 2. The van der Waals surface area contributed by atoms with Gasteiger partial charge in [-0.25, -0.2) is 0 Å². The lowest BCUT2D eigenvalue weighted by Crippen LogP contribution is -2.16. The van der Waals surface area contributed by atoms with Crippen LogP contribution in [0.15, 0.2) is 36.4 Å². The summed E-state index contributed by atoms with van der Waals surface area (Å²) in [4.78, 5) is 25.3. The molecular formula is C22H21Cl2NO4. The summed E-state index contributed by atoms with van der Waals surface area (Å²) in [5.41, 5.74) is 1.91. The van der Waals surface area contributed by atoms with Gasteiger partial charge in [0.25, 0.3) is 5.91 Å². The number of rotatable bonds is 6. The van der Waals surface area contributed by atoms with Crippen LogP contribution in [-0.4, -0.2) is 26.7 Å². The molecule has 3 aromatic rings. The maximum absolute atomic E-state index is 13.3. The number of aromatic nitrogens is 1. The van der Waals surface area contributed by atoms with Crippen molar-refractivity contribution in [2.24, 2.45) is 0 Å². The van der Waals surface area contributed by atoms with Crippen molar-refractivity contribution in [2.45, 2.75) is 39.0 Å². The van der Waals surface area contributed by atoms with Gasteiger partial charge in [0.15, 0.2) is 0 Å². The fourth-order valence-corrected chi connectivity index (χ4v) is 3.95. The fourth-order valence-electron chi connectivity index (χ4n) is 3.67. The second-order valence-corrected chi connectivity index (χ2v) is 7.84. The van der Waals surface area contributed by atoms with E-state index in [1.807, 2.05) is 6.92 Å². The van der Waals surface area contributed by atoms with Crippen molar-refractivity contribution in [2.75, 3.05) is 0 Å². The minimum atomic E-state index is -0.964. The molecule has 0 bridgehead atoms. The van der Waals surface area contributed by atoms with Crippen molar-refractivity contribution < 1.29 is 19.8 Å². The number of carboxylic acids is 1. The Bertz CT molecular complexity index is 1090. The fraction of sp³-hybridized carbons (Fsp3) is 0.273. The first-order valence-electron chi connectivity index (χ1n) is 9.32. The number of halogens is 2. The van der Waals surface area contributed by atoms with Crippen LogP contribution in [0, 0.1) is 6.92 Å². The van der Waals surface area contributed by atoms with E-state index in [4.69, 9.17) is 23.2 Å². The zero-order valence-electron chi connectivity index (χ0n) is 16.1. The summed E-state index contributed by atoms with van der Waals surface area (Å²) in [5.74, 6) is -2.24. The molecule has 1 heterocycles. The molecule has 0 aliphatic rings. The van der Waals surface area contributed by atoms with Crippen molar-refractivity contribution in [1.82, 2.24) is 4.57 Å². The van der Waals surface area contributed by atoms with Gasteiger partial charge < -0.3 is 10.2 Å². The van der Waals surface area contributed by atoms with Crippen molar-refractivity contribution >= 4 is 46.0 Å². The molecule has 1 aromatic heterocycles. The number of phenols is 1. The van der Waals surface area contributed by atoms with E-state index in [-0.39, 0.29) is 16.7 Å². The summed E-state index contributed by atoms with van der Waals surface area (Å²) < 4.78 is 1.46. The van der Waals surface area contributed by atoms with E-state index >= 15 is 0 Å². The van der Waals surface area contributed by atoms with Gasteiger partial charge in [-0.05, 0) is 55.3 Å². The second-order valence-electron chi connectivity index (χ2n) is 7.00. The van der Waals surface area contributed by atoms with Crippen LogP contribution >= 0.6 is 23.2 Å². The molecule has 1 unspecified atom stereocenters. The Morgan fingerprint density at radius 3 is 2.38 bits per heavy atom. The molecule has 0 aliphatic carbocycles. The number of benzene rings is 2. The number of aromatic hydroxyl groups is 1. The Morgan fingerprint density at radius 2 is 1.79 bits per heavy atom. The predicted molar refractivity (Wildman–Crippen MR) is 114 cm³/mol. The summed E-state index contributed by atoms with van der Waals surface area (Å²) in [7, 11) is 0. The number of phenolic OH excluding ortho intramolecular Hbond substituents is 1. The van der Waals surface area contributed by atoms with Crippen LogP contribution in [0.1, 0.15) is 53.7 Å². The lowest BCUT2D eigenvalue weighted by atomic mass is 9.91. The molecule has 2 aromatic carbocycles. The molecule has 0 amide bonds. The molecule has 0 aliphatic heterocycles. The molecule has 3 rings (SSSR count). The van der Waals surface area contributed by atoms with Crippen LogP contribution < -0.4 is 0 Å². The number of aliphatic carboxylic acids is 1. The normalized spacial score (nSPS) is 12.3. The number of carbonyl (C=O) groups is 2. The average Bonchev–Trinajstić information content (AvgIpc) is 2.94. The number of carboxylic acid groups (broad SMARTS) is 1. The quantitative estimate of drug-likeness (QED) is 0.498. The molecule has 0 spiro atoms. The van der Waals surface area contributed by atoms with Crippen molar-refractivity contribution in [3.8, 4) is 5.75 Å². The van der Waals surface area contributed by atoms with Crippen molar-refractivity contribution in [3.05, 3.63) is 63.3 Å². The minimum Gasteiger partial charge on any atom is -0.506 e. The standard InChI is InChI=1S/C22H21Cl2NO4/c1-3-4-5-15(22(28)29)20-12(2)25(18-11-17(24)19(26)10-16(18)20)21(27)13-6-8-14(23)9-7-13/h6-11,15,26H,3-5H2,1-2H3,(H,28,29). The first-order valence-corrected chi connectivity index (χ1v) is 10.1. The van der Waals surface area contributed by atoms with Crippen LogP contribution in [-0.2, 0) is 4.79 Å². The van der Waals surface area contributed by atoms with E-state index in [9.17, 15) is 19.8 Å². The number of fused-ring (bicyclic) bond motifs is 1. The van der Waals surface area contributed by atoms with Crippen LogP contribution in [0.5, 0.6) is 5.75 Å². The van der Waals surface area contributed by atoms with Gasteiger partial charge in [-0.15, -0.1) is 0 Å². The highest BCUT2D eigenvalue weighted by Crippen LogP contribution is 2.39. The molecule has 2 N–H and O–H groups in total. The van der Waals surface area contributed by atoms with E-state index < -0.39 is 11.9 Å². The molecule has 5 nitrogen and oxygen atoms in total. The highest BCUT2D eigenvalue weighted by atomic mass is 35.5. The molecule has 7 heteroatoms. The van der Waals surface area contributed by atoms with E-state index in [2.05, 4.69) is 0 Å². The zero-order valence-corrected chi connectivity index (χ0v) is 17.6. The Labute approximate surface area is 178 Å². The SMILES string of the molecule is CCCCC(C(=O)O)c1c(C)n(C(=O)c2ccc(Cl)cc2)c2cc(Cl)c(O)cc12. The van der Waals surface area contributed by atoms with Gasteiger partial charge in [0.05, 0.1) is 16.5 Å². The zero-order chi connectivity index (χ0) is 21.3. The Balaban J connectivity index is 2.29. The maximum atomic E-state index is 13.3. The van der Waals surface area contributed by atoms with Crippen molar-refractivity contribution in [3.63, 3.8) is 0 Å². The first kappa shape index (κ1) is 21.2. The van der Waals surface area contributed by atoms with Gasteiger partial charge in [-0.1, -0.05) is 43.0 Å². The van der Waals surface area contributed by atoms with Gasteiger partial charge in [0.2, 0.25) is 0 Å². The second kappa shape index (κ2) is 8.47. The smallest absolute Gasteiger partial charge is 0.311 e. The third-order valence-corrected chi connectivity index (χ3v) is 5.66. The average molecular weight is 434 g/mol. The number of unbranched alkanes of at least 4 members (excludes halogenated alkanes) is 1. The van der Waals surface area contributed by atoms with Crippen LogP contribution in [0.2, 0.25) is 10.0 Å².